The van der Waals surface area contributed by atoms with Gasteiger partial charge in [0.25, 0.3) is 5.91 Å². The Morgan fingerprint density at radius 3 is 2.46 bits per heavy atom. The lowest BCUT2D eigenvalue weighted by Crippen LogP contribution is -2.47. The third-order valence-corrected chi connectivity index (χ3v) is 3.78. The van der Waals surface area contributed by atoms with Crippen LogP contribution in [-0.4, -0.2) is 37.6 Å². The van der Waals surface area contributed by atoms with Crippen LogP contribution in [0.15, 0.2) is 30.3 Å². The van der Waals surface area contributed by atoms with E-state index in [1.54, 1.807) is 24.3 Å². The van der Waals surface area contributed by atoms with Gasteiger partial charge < -0.3 is 14.8 Å². The summed E-state index contributed by atoms with van der Waals surface area (Å²) in [5.74, 6) is -1.93. The van der Waals surface area contributed by atoms with Gasteiger partial charge in [-0.15, -0.1) is 0 Å². The van der Waals surface area contributed by atoms with E-state index in [1.165, 1.54) is 19.3 Å². The molecule has 0 heterocycles. The highest BCUT2D eigenvalue weighted by Crippen LogP contribution is 2.09. The maximum Gasteiger partial charge on any atom is 0.331 e. The molecule has 1 aromatic rings. The molecule has 0 fully saturated rings. The Hall–Kier alpha value is -3.14. The minimum absolute atomic E-state index is 0.113. The minimum Gasteiger partial charge on any atom is -0.467 e. The van der Waals surface area contributed by atoms with Gasteiger partial charge in [0, 0.05) is 6.08 Å². The van der Waals surface area contributed by atoms with E-state index >= 15 is 0 Å². The first-order chi connectivity index (χ1) is 12.4. The zero-order valence-corrected chi connectivity index (χ0v) is 15.0. The van der Waals surface area contributed by atoms with E-state index in [2.05, 4.69) is 10.1 Å². The lowest BCUT2D eigenvalue weighted by atomic mass is 9.99. The number of hydrogen-bond donors (Lipinski definition) is 1. The van der Waals surface area contributed by atoms with Gasteiger partial charge >= 0.3 is 11.9 Å². The molecular formula is C19H22N2O5. The zero-order valence-electron chi connectivity index (χ0n) is 15.0. The lowest BCUT2D eigenvalue weighted by Gasteiger charge is -2.21. The van der Waals surface area contributed by atoms with Crippen molar-refractivity contribution in [1.82, 2.24) is 5.32 Å². The fourth-order valence-electron chi connectivity index (χ4n) is 2.03. The van der Waals surface area contributed by atoms with E-state index in [9.17, 15) is 14.4 Å². The van der Waals surface area contributed by atoms with E-state index < -0.39 is 30.5 Å². The molecule has 0 aliphatic carbocycles. The van der Waals surface area contributed by atoms with E-state index in [0.29, 0.717) is 17.5 Å². The van der Waals surface area contributed by atoms with Crippen molar-refractivity contribution in [1.29, 1.82) is 5.26 Å². The average molecular weight is 358 g/mol. The van der Waals surface area contributed by atoms with Crippen molar-refractivity contribution < 1.29 is 23.9 Å². The first-order valence-corrected chi connectivity index (χ1v) is 8.13. The highest BCUT2D eigenvalue weighted by atomic mass is 16.5. The molecule has 1 N–H and O–H groups in total. The maximum absolute atomic E-state index is 11.9. The molecule has 138 valence electrons. The van der Waals surface area contributed by atoms with Gasteiger partial charge in [0.1, 0.15) is 6.04 Å². The number of ether oxygens (including phenoxy) is 2. The Bertz CT molecular complexity index is 704. The Morgan fingerprint density at radius 2 is 1.92 bits per heavy atom. The summed E-state index contributed by atoms with van der Waals surface area (Å²) in [6.07, 6.45) is 3.37. The summed E-state index contributed by atoms with van der Waals surface area (Å²) in [4.78, 5) is 35.3. The van der Waals surface area contributed by atoms with Gasteiger partial charge in [0.2, 0.25) is 0 Å². The standard InChI is InChI=1S/C19H22N2O5/c1-4-13(2)18(19(24)25-3)21-16(22)12-26-17(23)10-9-14-5-7-15(11-20)8-6-14/h5-10,13,18H,4,12H2,1-3H3,(H,21,22)/b10-9+/t13-,18-/m0/s1. The number of carbonyl (C=O) groups excluding carboxylic acids is 3. The molecule has 0 bridgehead atoms. The molecule has 2 atom stereocenters. The van der Waals surface area contributed by atoms with Crippen molar-refractivity contribution >= 4 is 23.9 Å². The molecule has 0 unspecified atom stereocenters. The third-order valence-electron chi connectivity index (χ3n) is 3.78. The summed E-state index contributed by atoms with van der Waals surface area (Å²) < 4.78 is 9.53. The molecule has 7 heteroatoms. The summed E-state index contributed by atoms with van der Waals surface area (Å²) in [6.45, 7) is 3.20. The molecule has 26 heavy (non-hydrogen) atoms. The van der Waals surface area contributed by atoms with Crippen LogP contribution in [0.25, 0.3) is 6.08 Å². The molecule has 1 rings (SSSR count). The Kier molecular flexibility index (Phi) is 8.58. The van der Waals surface area contributed by atoms with Crippen LogP contribution in [0.5, 0.6) is 0 Å². The molecule has 0 spiro atoms. The van der Waals surface area contributed by atoms with Crippen LogP contribution in [0.2, 0.25) is 0 Å². The van der Waals surface area contributed by atoms with Crippen LogP contribution in [0.1, 0.15) is 31.4 Å². The lowest BCUT2D eigenvalue weighted by molar-refractivity contribution is -0.148. The predicted molar refractivity (Wildman–Crippen MR) is 94.6 cm³/mol. The molecule has 1 aromatic carbocycles. The molecular weight excluding hydrogens is 336 g/mol. The molecule has 0 saturated carbocycles. The summed E-state index contributed by atoms with van der Waals surface area (Å²) in [5.41, 5.74) is 1.23. The van der Waals surface area contributed by atoms with Crippen molar-refractivity contribution in [2.75, 3.05) is 13.7 Å². The molecule has 0 saturated heterocycles. The van der Waals surface area contributed by atoms with Gasteiger partial charge in [-0.25, -0.2) is 9.59 Å². The van der Waals surface area contributed by atoms with Crippen LogP contribution in [0, 0.1) is 17.2 Å². The van der Waals surface area contributed by atoms with Crippen molar-refractivity contribution in [2.24, 2.45) is 5.92 Å². The van der Waals surface area contributed by atoms with Crippen LogP contribution < -0.4 is 5.32 Å². The molecule has 0 aliphatic rings. The Balaban J connectivity index is 2.52. The number of amides is 1. The fourth-order valence-corrected chi connectivity index (χ4v) is 2.03. The van der Waals surface area contributed by atoms with E-state index in [1.807, 2.05) is 19.9 Å². The number of hydrogen-bond acceptors (Lipinski definition) is 6. The topological polar surface area (TPSA) is 105 Å². The number of esters is 2. The molecule has 0 radical (unpaired) electrons. The van der Waals surface area contributed by atoms with Crippen LogP contribution >= 0.6 is 0 Å². The van der Waals surface area contributed by atoms with Crippen LogP contribution in [0.3, 0.4) is 0 Å². The fraction of sp³-hybridized carbons (Fsp3) is 0.368. The zero-order chi connectivity index (χ0) is 19.5. The third kappa shape index (κ3) is 6.77. The number of carbonyl (C=O) groups is 3. The highest BCUT2D eigenvalue weighted by Gasteiger charge is 2.26. The van der Waals surface area contributed by atoms with Gasteiger partial charge in [-0.05, 0) is 29.7 Å². The predicted octanol–water partition coefficient (Wildman–Crippen LogP) is 1.82. The van der Waals surface area contributed by atoms with Gasteiger partial charge in [0.05, 0.1) is 18.7 Å². The van der Waals surface area contributed by atoms with E-state index in [0.717, 1.165) is 0 Å². The smallest absolute Gasteiger partial charge is 0.331 e. The van der Waals surface area contributed by atoms with Crippen molar-refractivity contribution in [3.8, 4) is 6.07 Å². The van der Waals surface area contributed by atoms with Crippen LogP contribution in [-0.2, 0) is 23.9 Å². The van der Waals surface area contributed by atoms with E-state index in [-0.39, 0.29) is 5.92 Å². The van der Waals surface area contributed by atoms with Crippen molar-refractivity contribution in [3.63, 3.8) is 0 Å². The Morgan fingerprint density at radius 1 is 1.27 bits per heavy atom. The normalized spacial score (nSPS) is 12.7. The van der Waals surface area contributed by atoms with Gasteiger partial charge in [-0.1, -0.05) is 32.4 Å². The number of benzene rings is 1. The van der Waals surface area contributed by atoms with Crippen molar-refractivity contribution in [3.05, 3.63) is 41.5 Å². The van der Waals surface area contributed by atoms with Gasteiger partial charge in [-0.2, -0.15) is 5.26 Å². The summed E-state index contributed by atoms with van der Waals surface area (Å²) in [6, 6.07) is 7.83. The number of methoxy groups -OCH3 is 1. The minimum atomic E-state index is -0.787. The van der Waals surface area contributed by atoms with Gasteiger partial charge in [-0.3, -0.25) is 4.79 Å². The summed E-state index contributed by atoms with van der Waals surface area (Å²) in [7, 11) is 1.25. The first-order valence-electron chi connectivity index (χ1n) is 8.13. The Labute approximate surface area is 152 Å². The number of rotatable bonds is 8. The van der Waals surface area contributed by atoms with Crippen molar-refractivity contribution in [2.45, 2.75) is 26.3 Å². The van der Waals surface area contributed by atoms with E-state index in [4.69, 9.17) is 10.00 Å². The summed E-state index contributed by atoms with van der Waals surface area (Å²) in [5, 5.41) is 11.2. The molecule has 0 aliphatic heterocycles. The quantitative estimate of drug-likeness (QED) is 0.561. The molecule has 7 nitrogen and oxygen atoms in total. The SMILES string of the molecule is CC[C@H](C)[C@H](NC(=O)COC(=O)/C=C/c1ccc(C#N)cc1)C(=O)OC. The van der Waals surface area contributed by atoms with Gasteiger partial charge in [0.15, 0.2) is 6.61 Å². The number of nitrogens with one attached hydrogen (secondary N) is 1. The second-order valence-corrected chi connectivity index (χ2v) is 5.63. The average Bonchev–Trinajstić information content (AvgIpc) is 2.67. The molecule has 0 aromatic heterocycles. The first kappa shape index (κ1) is 20.9. The molecule has 1 amide bonds. The number of nitrogens with zero attached hydrogens (tertiary/aromatic N) is 1. The number of nitriles is 1. The highest BCUT2D eigenvalue weighted by molar-refractivity contribution is 5.90. The second-order valence-electron chi connectivity index (χ2n) is 5.63. The summed E-state index contributed by atoms with van der Waals surface area (Å²) >= 11 is 0. The second kappa shape index (κ2) is 10.7. The maximum atomic E-state index is 11.9. The van der Waals surface area contributed by atoms with Crippen LogP contribution in [0.4, 0.5) is 0 Å². The largest absolute Gasteiger partial charge is 0.467 e. The monoisotopic (exact) mass is 358 g/mol.